The van der Waals surface area contributed by atoms with E-state index in [2.05, 4.69) is 26.0 Å². The van der Waals surface area contributed by atoms with Gasteiger partial charge in [0, 0.05) is 15.8 Å². The van der Waals surface area contributed by atoms with E-state index >= 15 is 0 Å². The van der Waals surface area contributed by atoms with Gasteiger partial charge in [0.2, 0.25) is 0 Å². The second kappa shape index (κ2) is 3.17. The van der Waals surface area contributed by atoms with Crippen molar-refractivity contribution in [3.05, 3.63) is 21.9 Å². The molecule has 0 aliphatic heterocycles. The van der Waals surface area contributed by atoms with Crippen molar-refractivity contribution in [1.29, 1.82) is 0 Å². The first-order valence-corrected chi connectivity index (χ1v) is 4.37. The number of aryl methyl sites for hydroxylation is 1. The molecule has 0 aliphatic carbocycles. The van der Waals surface area contributed by atoms with Crippen molar-refractivity contribution < 1.29 is 0 Å². The molecule has 2 N–H and O–H groups in total. The summed E-state index contributed by atoms with van der Waals surface area (Å²) in [7, 11) is 0. The van der Waals surface area contributed by atoms with Gasteiger partial charge in [0.25, 0.3) is 0 Å². The Morgan fingerprint density at radius 2 is 2.30 bits per heavy atom. The van der Waals surface area contributed by atoms with Crippen LogP contribution in [0.15, 0.2) is 12.1 Å². The fraction of sp³-hybridized carbons (Fsp3) is 0.500. The van der Waals surface area contributed by atoms with E-state index in [4.69, 9.17) is 5.73 Å². The number of hydrogen-bond acceptors (Lipinski definition) is 2. The van der Waals surface area contributed by atoms with Gasteiger partial charge in [-0.1, -0.05) is 6.92 Å². The Balaban J connectivity index is 2.74. The predicted octanol–water partition coefficient (Wildman–Crippen LogP) is 2.47. The van der Waals surface area contributed by atoms with Crippen LogP contribution >= 0.6 is 11.3 Å². The van der Waals surface area contributed by atoms with Gasteiger partial charge in [0.05, 0.1) is 0 Å². The summed E-state index contributed by atoms with van der Waals surface area (Å²) >= 11 is 1.80. The largest absolute Gasteiger partial charge is 0.323 e. The number of thiophene rings is 1. The average Bonchev–Trinajstić information content (AvgIpc) is 2.34. The molecule has 0 saturated heterocycles. The lowest BCUT2D eigenvalue weighted by atomic mass is 10.2. The number of nitrogens with two attached hydrogens (primary N) is 1. The topological polar surface area (TPSA) is 26.0 Å². The Hall–Kier alpha value is -0.340. The molecule has 2 heteroatoms. The third-order valence-electron chi connectivity index (χ3n) is 1.57. The van der Waals surface area contributed by atoms with Crippen LogP contribution in [0.2, 0.25) is 0 Å². The molecule has 0 bridgehead atoms. The van der Waals surface area contributed by atoms with E-state index in [-0.39, 0.29) is 6.04 Å². The van der Waals surface area contributed by atoms with Gasteiger partial charge >= 0.3 is 0 Å². The van der Waals surface area contributed by atoms with Crippen LogP contribution in [0.4, 0.5) is 0 Å². The maximum atomic E-state index is 5.82. The Morgan fingerprint density at radius 3 is 2.70 bits per heavy atom. The van der Waals surface area contributed by atoms with Crippen molar-refractivity contribution in [3.8, 4) is 0 Å². The minimum Gasteiger partial charge on any atom is -0.323 e. The van der Waals surface area contributed by atoms with Crippen LogP contribution in [0.25, 0.3) is 0 Å². The average molecular weight is 155 g/mol. The fourth-order valence-electron chi connectivity index (χ4n) is 0.854. The summed E-state index contributed by atoms with van der Waals surface area (Å²) in [6.45, 7) is 4.22. The van der Waals surface area contributed by atoms with Crippen LogP contribution in [-0.2, 0) is 0 Å². The molecule has 0 saturated carbocycles. The summed E-state index contributed by atoms with van der Waals surface area (Å²) in [4.78, 5) is 2.65. The number of rotatable bonds is 2. The van der Waals surface area contributed by atoms with E-state index in [0.29, 0.717) is 0 Å². The lowest BCUT2D eigenvalue weighted by molar-refractivity contribution is 0.712. The molecule has 0 radical (unpaired) electrons. The van der Waals surface area contributed by atoms with Crippen molar-refractivity contribution in [2.75, 3.05) is 0 Å². The summed E-state index contributed by atoms with van der Waals surface area (Å²) in [6.07, 6.45) is 1.03. The molecule has 1 aromatic rings. The molecule has 0 aromatic carbocycles. The van der Waals surface area contributed by atoms with Crippen molar-refractivity contribution in [2.24, 2.45) is 5.73 Å². The smallest absolute Gasteiger partial charge is 0.0387 e. The molecular formula is C8H13NS. The SMILES string of the molecule is CCC(N)c1ccc(C)s1. The molecular weight excluding hydrogens is 142 g/mol. The summed E-state index contributed by atoms with van der Waals surface area (Å²) in [5, 5.41) is 0. The molecule has 0 fully saturated rings. The first kappa shape index (κ1) is 7.76. The third-order valence-corrected chi connectivity index (χ3v) is 2.70. The highest BCUT2D eigenvalue weighted by Crippen LogP contribution is 2.22. The summed E-state index contributed by atoms with van der Waals surface area (Å²) in [6, 6.07) is 4.49. The minimum absolute atomic E-state index is 0.249. The van der Waals surface area contributed by atoms with Crippen molar-refractivity contribution in [2.45, 2.75) is 26.3 Å². The standard InChI is InChI=1S/C8H13NS/c1-3-7(9)8-5-4-6(2)10-8/h4-5,7H,3,9H2,1-2H3. The van der Waals surface area contributed by atoms with E-state index in [1.54, 1.807) is 11.3 Å². The van der Waals surface area contributed by atoms with Crippen LogP contribution < -0.4 is 5.73 Å². The molecule has 0 amide bonds. The number of hydrogen-bond donors (Lipinski definition) is 1. The summed E-state index contributed by atoms with van der Waals surface area (Å²) in [5.74, 6) is 0. The van der Waals surface area contributed by atoms with Crippen LogP contribution in [0, 0.1) is 6.92 Å². The normalized spacial score (nSPS) is 13.5. The second-order valence-electron chi connectivity index (χ2n) is 2.46. The molecule has 1 atom stereocenters. The highest BCUT2D eigenvalue weighted by atomic mass is 32.1. The van der Waals surface area contributed by atoms with Crippen LogP contribution in [-0.4, -0.2) is 0 Å². The maximum Gasteiger partial charge on any atom is 0.0387 e. The molecule has 1 heterocycles. The minimum atomic E-state index is 0.249. The zero-order chi connectivity index (χ0) is 7.56. The molecule has 0 spiro atoms. The Kier molecular flexibility index (Phi) is 2.46. The second-order valence-corrected chi connectivity index (χ2v) is 3.78. The Labute approximate surface area is 65.9 Å². The predicted molar refractivity (Wildman–Crippen MR) is 46.3 cm³/mol. The van der Waals surface area contributed by atoms with Crippen molar-refractivity contribution in [3.63, 3.8) is 0 Å². The summed E-state index contributed by atoms with van der Waals surface area (Å²) < 4.78 is 0. The van der Waals surface area contributed by atoms with Crippen molar-refractivity contribution in [1.82, 2.24) is 0 Å². The zero-order valence-electron chi connectivity index (χ0n) is 6.42. The molecule has 1 rings (SSSR count). The zero-order valence-corrected chi connectivity index (χ0v) is 7.24. The van der Waals surface area contributed by atoms with Gasteiger partial charge in [-0.15, -0.1) is 11.3 Å². The molecule has 1 nitrogen and oxygen atoms in total. The van der Waals surface area contributed by atoms with Gasteiger partial charge < -0.3 is 5.73 Å². The quantitative estimate of drug-likeness (QED) is 0.697. The van der Waals surface area contributed by atoms with Crippen LogP contribution in [0.1, 0.15) is 29.1 Å². The summed E-state index contributed by atoms with van der Waals surface area (Å²) in [5.41, 5.74) is 5.82. The molecule has 1 aromatic heterocycles. The molecule has 10 heavy (non-hydrogen) atoms. The molecule has 1 unspecified atom stereocenters. The first-order chi connectivity index (χ1) is 4.74. The third kappa shape index (κ3) is 1.58. The lowest BCUT2D eigenvalue weighted by Gasteiger charge is -2.03. The van der Waals surface area contributed by atoms with E-state index in [1.165, 1.54) is 9.75 Å². The van der Waals surface area contributed by atoms with Crippen LogP contribution in [0.3, 0.4) is 0 Å². The fourth-order valence-corrected chi connectivity index (χ4v) is 1.82. The Morgan fingerprint density at radius 1 is 1.60 bits per heavy atom. The van der Waals surface area contributed by atoms with E-state index in [9.17, 15) is 0 Å². The Bertz CT molecular complexity index is 205. The molecule has 56 valence electrons. The van der Waals surface area contributed by atoms with E-state index in [1.807, 2.05) is 0 Å². The van der Waals surface area contributed by atoms with Gasteiger partial charge in [0.1, 0.15) is 0 Å². The lowest BCUT2D eigenvalue weighted by Crippen LogP contribution is -2.05. The highest BCUT2D eigenvalue weighted by molar-refractivity contribution is 7.12. The first-order valence-electron chi connectivity index (χ1n) is 3.56. The van der Waals surface area contributed by atoms with Gasteiger partial charge in [-0.3, -0.25) is 0 Å². The monoisotopic (exact) mass is 155 g/mol. The van der Waals surface area contributed by atoms with Gasteiger partial charge in [-0.2, -0.15) is 0 Å². The maximum absolute atomic E-state index is 5.82. The van der Waals surface area contributed by atoms with Gasteiger partial charge in [-0.25, -0.2) is 0 Å². The van der Waals surface area contributed by atoms with Crippen molar-refractivity contribution >= 4 is 11.3 Å². The highest BCUT2D eigenvalue weighted by Gasteiger charge is 2.03. The van der Waals surface area contributed by atoms with Crippen LogP contribution in [0.5, 0.6) is 0 Å². The van der Waals surface area contributed by atoms with Gasteiger partial charge in [-0.05, 0) is 25.5 Å². The van der Waals surface area contributed by atoms with E-state index in [0.717, 1.165) is 6.42 Å². The molecule has 0 aliphatic rings. The van der Waals surface area contributed by atoms with Gasteiger partial charge in [0.15, 0.2) is 0 Å². The van der Waals surface area contributed by atoms with E-state index < -0.39 is 0 Å².